The quantitative estimate of drug-likeness (QED) is 0.842. The monoisotopic (exact) mass is 284 g/mol. The Labute approximate surface area is 117 Å². The fraction of sp³-hybridized carbons (Fsp3) is 0.385. The van der Waals surface area contributed by atoms with Gasteiger partial charge in [0.25, 0.3) is 0 Å². The van der Waals surface area contributed by atoms with Crippen LogP contribution in [0.5, 0.6) is 0 Å². The van der Waals surface area contributed by atoms with E-state index in [1.807, 2.05) is 18.2 Å². The van der Waals surface area contributed by atoms with Crippen LogP contribution in [0, 0.1) is 0 Å². The molecule has 0 radical (unpaired) electrons. The first-order valence-corrected chi connectivity index (χ1v) is 6.40. The summed E-state index contributed by atoms with van der Waals surface area (Å²) in [5.74, 6) is -0.919. The van der Waals surface area contributed by atoms with E-state index in [1.165, 1.54) is 4.90 Å². The summed E-state index contributed by atoms with van der Waals surface area (Å²) in [4.78, 5) is 23.8. The van der Waals surface area contributed by atoms with E-state index in [0.29, 0.717) is 18.1 Å². The van der Waals surface area contributed by atoms with Gasteiger partial charge in [-0.2, -0.15) is 0 Å². The largest absolute Gasteiger partial charge is 0.481 e. The molecule has 0 heterocycles. The smallest absolute Gasteiger partial charge is 0.317 e. The molecule has 0 aliphatic carbocycles. The van der Waals surface area contributed by atoms with Gasteiger partial charge in [-0.15, -0.1) is 0 Å². The van der Waals surface area contributed by atoms with E-state index in [4.69, 9.17) is 16.7 Å². The molecule has 0 aliphatic rings. The number of carboxylic acid groups (broad SMARTS) is 1. The van der Waals surface area contributed by atoms with Crippen LogP contribution in [0.2, 0.25) is 5.02 Å². The second kappa shape index (κ2) is 7.63. The van der Waals surface area contributed by atoms with Crippen LogP contribution in [0.1, 0.15) is 18.9 Å². The third-order valence-electron chi connectivity index (χ3n) is 2.65. The lowest BCUT2D eigenvalue weighted by Gasteiger charge is -2.20. The zero-order valence-corrected chi connectivity index (χ0v) is 11.5. The molecule has 1 aromatic carbocycles. The van der Waals surface area contributed by atoms with E-state index in [-0.39, 0.29) is 19.0 Å². The first-order chi connectivity index (χ1) is 9.04. The van der Waals surface area contributed by atoms with Crippen LogP contribution in [0.25, 0.3) is 0 Å². The SMILES string of the molecule is CCN(CCC(=O)O)C(=O)NCc1ccccc1Cl. The maximum Gasteiger partial charge on any atom is 0.317 e. The molecule has 0 spiro atoms. The number of rotatable bonds is 6. The number of aliphatic carboxylic acids is 1. The van der Waals surface area contributed by atoms with Gasteiger partial charge < -0.3 is 15.3 Å². The van der Waals surface area contributed by atoms with Crippen molar-refractivity contribution in [2.75, 3.05) is 13.1 Å². The van der Waals surface area contributed by atoms with Gasteiger partial charge in [0, 0.05) is 24.7 Å². The van der Waals surface area contributed by atoms with Gasteiger partial charge in [0.05, 0.1) is 6.42 Å². The maximum absolute atomic E-state index is 11.9. The van der Waals surface area contributed by atoms with Gasteiger partial charge in [-0.05, 0) is 18.6 Å². The minimum atomic E-state index is -0.919. The molecule has 2 amide bonds. The van der Waals surface area contributed by atoms with Gasteiger partial charge >= 0.3 is 12.0 Å². The molecule has 0 bridgehead atoms. The Balaban J connectivity index is 2.49. The van der Waals surface area contributed by atoms with Crippen LogP contribution in [-0.4, -0.2) is 35.1 Å². The Morgan fingerprint density at radius 1 is 1.37 bits per heavy atom. The van der Waals surface area contributed by atoms with Crippen molar-refractivity contribution in [2.45, 2.75) is 19.9 Å². The Hall–Kier alpha value is -1.75. The summed E-state index contributed by atoms with van der Waals surface area (Å²) in [6.45, 7) is 2.78. The second-order valence-electron chi connectivity index (χ2n) is 3.97. The summed E-state index contributed by atoms with van der Waals surface area (Å²) in [7, 11) is 0. The van der Waals surface area contributed by atoms with Crippen molar-refractivity contribution in [1.82, 2.24) is 10.2 Å². The number of carbonyl (C=O) groups is 2. The molecule has 5 nitrogen and oxygen atoms in total. The van der Waals surface area contributed by atoms with Gasteiger partial charge in [0.2, 0.25) is 0 Å². The summed E-state index contributed by atoms with van der Waals surface area (Å²) in [5, 5.41) is 11.9. The first kappa shape index (κ1) is 15.3. The molecule has 1 rings (SSSR count). The average Bonchev–Trinajstić information content (AvgIpc) is 2.38. The molecule has 2 N–H and O–H groups in total. The number of hydrogen-bond acceptors (Lipinski definition) is 2. The predicted molar refractivity (Wildman–Crippen MR) is 73.2 cm³/mol. The molecule has 19 heavy (non-hydrogen) atoms. The van der Waals surface area contributed by atoms with E-state index in [1.54, 1.807) is 13.0 Å². The highest BCUT2D eigenvalue weighted by molar-refractivity contribution is 6.31. The Kier molecular flexibility index (Phi) is 6.15. The summed E-state index contributed by atoms with van der Waals surface area (Å²) in [6.07, 6.45) is -0.0621. The van der Waals surface area contributed by atoms with Gasteiger partial charge in [-0.1, -0.05) is 29.8 Å². The molecule has 104 valence electrons. The lowest BCUT2D eigenvalue weighted by atomic mass is 10.2. The number of hydrogen-bond donors (Lipinski definition) is 2. The number of halogens is 1. The van der Waals surface area contributed by atoms with Gasteiger partial charge in [-0.3, -0.25) is 4.79 Å². The van der Waals surface area contributed by atoms with Crippen LogP contribution in [0.15, 0.2) is 24.3 Å². The molecular weight excluding hydrogens is 268 g/mol. The van der Waals surface area contributed by atoms with Crippen molar-refractivity contribution in [3.05, 3.63) is 34.9 Å². The van der Waals surface area contributed by atoms with Gasteiger partial charge in [0.1, 0.15) is 0 Å². The minimum Gasteiger partial charge on any atom is -0.481 e. The van der Waals surface area contributed by atoms with E-state index in [9.17, 15) is 9.59 Å². The van der Waals surface area contributed by atoms with Crippen molar-refractivity contribution in [3.8, 4) is 0 Å². The molecule has 0 unspecified atom stereocenters. The van der Waals surface area contributed by atoms with Crippen molar-refractivity contribution in [3.63, 3.8) is 0 Å². The summed E-state index contributed by atoms with van der Waals surface area (Å²) in [6, 6.07) is 6.96. The number of urea groups is 1. The number of carbonyl (C=O) groups excluding carboxylic acids is 1. The highest BCUT2D eigenvalue weighted by Gasteiger charge is 2.12. The zero-order valence-electron chi connectivity index (χ0n) is 10.7. The minimum absolute atomic E-state index is 0.0621. The molecule has 0 aliphatic heterocycles. The Bertz CT molecular complexity index is 451. The van der Waals surface area contributed by atoms with Gasteiger partial charge in [0.15, 0.2) is 0 Å². The standard InChI is InChI=1S/C13H17ClN2O3/c1-2-16(8-7-12(17)18)13(19)15-9-10-5-3-4-6-11(10)14/h3-6H,2,7-9H2,1H3,(H,15,19)(H,17,18). The topological polar surface area (TPSA) is 69.6 Å². The fourth-order valence-electron chi connectivity index (χ4n) is 1.56. The predicted octanol–water partition coefficient (Wildman–Crippen LogP) is 2.35. The maximum atomic E-state index is 11.9. The zero-order chi connectivity index (χ0) is 14.3. The lowest BCUT2D eigenvalue weighted by molar-refractivity contribution is -0.137. The lowest BCUT2D eigenvalue weighted by Crippen LogP contribution is -2.40. The third kappa shape index (κ3) is 5.18. The van der Waals surface area contributed by atoms with Crippen LogP contribution >= 0.6 is 11.6 Å². The molecule has 0 aromatic heterocycles. The molecule has 6 heteroatoms. The number of carboxylic acids is 1. The first-order valence-electron chi connectivity index (χ1n) is 6.02. The van der Waals surface area contributed by atoms with Crippen LogP contribution < -0.4 is 5.32 Å². The van der Waals surface area contributed by atoms with Crippen LogP contribution in [0.4, 0.5) is 4.79 Å². The highest BCUT2D eigenvalue weighted by atomic mass is 35.5. The Morgan fingerprint density at radius 3 is 2.63 bits per heavy atom. The Morgan fingerprint density at radius 2 is 2.05 bits per heavy atom. The molecule has 0 fully saturated rings. The molecule has 0 saturated carbocycles. The summed E-state index contributed by atoms with van der Waals surface area (Å²) in [5.41, 5.74) is 0.826. The number of nitrogens with zero attached hydrogens (tertiary/aromatic N) is 1. The summed E-state index contributed by atoms with van der Waals surface area (Å²) < 4.78 is 0. The van der Waals surface area contributed by atoms with Crippen molar-refractivity contribution >= 4 is 23.6 Å². The summed E-state index contributed by atoms with van der Waals surface area (Å²) >= 11 is 5.98. The molecule has 1 aromatic rings. The van der Waals surface area contributed by atoms with E-state index < -0.39 is 5.97 Å². The van der Waals surface area contributed by atoms with Crippen molar-refractivity contribution in [1.29, 1.82) is 0 Å². The number of benzene rings is 1. The van der Waals surface area contributed by atoms with Crippen molar-refractivity contribution in [2.24, 2.45) is 0 Å². The molecular formula is C13H17ClN2O3. The average molecular weight is 285 g/mol. The third-order valence-corrected chi connectivity index (χ3v) is 3.02. The van der Waals surface area contributed by atoms with Crippen LogP contribution in [0.3, 0.4) is 0 Å². The molecule has 0 saturated heterocycles. The fourth-order valence-corrected chi connectivity index (χ4v) is 1.76. The molecule has 0 atom stereocenters. The van der Waals surface area contributed by atoms with Crippen molar-refractivity contribution < 1.29 is 14.7 Å². The number of amides is 2. The van der Waals surface area contributed by atoms with Crippen LogP contribution in [-0.2, 0) is 11.3 Å². The van der Waals surface area contributed by atoms with E-state index in [2.05, 4.69) is 5.32 Å². The van der Waals surface area contributed by atoms with E-state index in [0.717, 1.165) is 5.56 Å². The van der Waals surface area contributed by atoms with E-state index >= 15 is 0 Å². The second-order valence-corrected chi connectivity index (χ2v) is 4.38. The van der Waals surface area contributed by atoms with Gasteiger partial charge in [-0.25, -0.2) is 4.79 Å². The number of nitrogens with one attached hydrogen (secondary N) is 1. The normalized spacial score (nSPS) is 10.0. The highest BCUT2D eigenvalue weighted by Crippen LogP contribution is 2.14.